The van der Waals surface area contributed by atoms with Gasteiger partial charge in [-0.05, 0) is 47.5 Å². The van der Waals surface area contributed by atoms with Crippen LogP contribution in [0.1, 0.15) is 40.2 Å². The molecule has 0 aliphatic rings. The Morgan fingerprint density at radius 2 is 1.52 bits per heavy atom. The highest BCUT2D eigenvalue weighted by Crippen LogP contribution is 2.20. The van der Waals surface area contributed by atoms with E-state index >= 15 is 0 Å². The zero-order chi connectivity index (χ0) is 22.2. The van der Waals surface area contributed by atoms with Gasteiger partial charge in [0.25, 0.3) is 5.91 Å². The molecule has 1 heterocycles. The van der Waals surface area contributed by atoms with Gasteiger partial charge in [-0.1, -0.05) is 62.4 Å². The fraction of sp³-hybridized carbons (Fsp3) is 0.308. The van der Waals surface area contributed by atoms with Crippen LogP contribution in [-0.4, -0.2) is 34.7 Å². The SMILES string of the molecule is Cc1ccsc1CN(Cc1ccccc1)C(=O)CN(CC(C)C)C(=O)c1ccccc1. The highest BCUT2D eigenvalue weighted by atomic mass is 32.1. The first-order valence-corrected chi connectivity index (χ1v) is 11.5. The summed E-state index contributed by atoms with van der Waals surface area (Å²) in [5, 5.41) is 2.06. The third-order valence-electron chi connectivity index (χ3n) is 5.09. The summed E-state index contributed by atoms with van der Waals surface area (Å²) >= 11 is 1.66. The zero-order valence-corrected chi connectivity index (χ0v) is 19.3. The van der Waals surface area contributed by atoms with Crippen molar-refractivity contribution in [2.24, 2.45) is 5.92 Å². The predicted molar refractivity (Wildman–Crippen MR) is 127 cm³/mol. The van der Waals surface area contributed by atoms with Gasteiger partial charge in [0.15, 0.2) is 0 Å². The van der Waals surface area contributed by atoms with Crippen LogP contribution in [0.2, 0.25) is 0 Å². The van der Waals surface area contributed by atoms with Crippen LogP contribution in [0.4, 0.5) is 0 Å². The Morgan fingerprint density at radius 3 is 2.10 bits per heavy atom. The molecule has 0 bridgehead atoms. The topological polar surface area (TPSA) is 40.6 Å². The van der Waals surface area contributed by atoms with Crippen LogP contribution in [-0.2, 0) is 17.9 Å². The standard InChI is InChI=1S/C26H30N2O2S/c1-20(2)16-28(26(30)23-12-8-5-9-13-23)19-25(29)27(17-22-10-6-4-7-11-22)18-24-21(3)14-15-31-24/h4-15,20H,16-19H2,1-3H3. The minimum atomic E-state index is -0.102. The second-order valence-electron chi connectivity index (χ2n) is 8.21. The van der Waals surface area contributed by atoms with E-state index in [4.69, 9.17) is 0 Å². The van der Waals surface area contributed by atoms with Crippen LogP contribution in [0.3, 0.4) is 0 Å². The first kappa shape index (κ1) is 22.8. The van der Waals surface area contributed by atoms with Gasteiger partial charge < -0.3 is 9.80 Å². The van der Waals surface area contributed by atoms with Crippen LogP contribution >= 0.6 is 11.3 Å². The third kappa shape index (κ3) is 6.53. The third-order valence-corrected chi connectivity index (χ3v) is 6.10. The van der Waals surface area contributed by atoms with Crippen LogP contribution in [0, 0.1) is 12.8 Å². The van der Waals surface area contributed by atoms with E-state index in [2.05, 4.69) is 32.2 Å². The second kappa shape index (κ2) is 10.9. The van der Waals surface area contributed by atoms with Gasteiger partial charge in [-0.15, -0.1) is 11.3 Å². The molecule has 0 saturated carbocycles. The number of nitrogens with zero attached hydrogens (tertiary/aromatic N) is 2. The number of aryl methyl sites for hydroxylation is 1. The van der Waals surface area contributed by atoms with Crippen molar-refractivity contribution >= 4 is 23.2 Å². The van der Waals surface area contributed by atoms with Crippen molar-refractivity contribution in [3.05, 3.63) is 93.7 Å². The average molecular weight is 435 g/mol. The van der Waals surface area contributed by atoms with E-state index in [9.17, 15) is 9.59 Å². The maximum absolute atomic E-state index is 13.4. The van der Waals surface area contributed by atoms with E-state index in [1.165, 1.54) is 10.4 Å². The van der Waals surface area contributed by atoms with Gasteiger partial charge in [0, 0.05) is 23.5 Å². The molecule has 0 fully saturated rings. The molecule has 5 heteroatoms. The molecule has 3 rings (SSSR count). The quantitative estimate of drug-likeness (QED) is 0.453. The van der Waals surface area contributed by atoms with Gasteiger partial charge in [0.05, 0.1) is 6.54 Å². The van der Waals surface area contributed by atoms with Crippen molar-refractivity contribution in [3.8, 4) is 0 Å². The smallest absolute Gasteiger partial charge is 0.254 e. The molecule has 4 nitrogen and oxygen atoms in total. The van der Waals surface area contributed by atoms with Gasteiger partial charge in [0.2, 0.25) is 5.91 Å². The summed E-state index contributed by atoms with van der Waals surface area (Å²) in [5.41, 5.74) is 2.88. The molecule has 0 aliphatic carbocycles. The number of hydrogen-bond acceptors (Lipinski definition) is 3. The number of benzene rings is 2. The lowest BCUT2D eigenvalue weighted by Gasteiger charge is -2.29. The molecule has 0 spiro atoms. The van der Waals surface area contributed by atoms with E-state index in [1.807, 2.05) is 53.4 Å². The van der Waals surface area contributed by atoms with Crippen molar-refractivity contribution in [2.75, 3.05) is 13.1 Å². The van der Waals surface area contributed by atoms with Crippen molar-refractivity contribution in [1.29, 1.82) is 0 Å². The number of hydrogen-bond donors (Lipinski definition) is 0. The number of thiophene rings is 1. The van der Waals surface area contributed by atoms with Crippen LogP contribution in [0.25, 0.3) is 0 Å². The summed E-state index contributed by atoms with van der Waals surface area (Å²) in [6.45, 7) is 7.87. The molecule has 0 N–H and O–H groups in total. The lowest BCUT2D eigenvalue weighted by atomic mass is 10.1. The molecule has 0 unspecified atom stereocenters. The molecular weight excluding hydrogens is 404 g/mol. The zero-order valence-electron chi connectivity index (χ0n) is 18.5. The summed E-state index contributed by atoms with van der Waals surface area (Å²) in [4.78, 5) is 31.3. The first-order chi connectivity index (χ1) is 14.9. The van der Waals surface area contributed by atoms with Crippen molar-refractivity contribution in [1.82, 2.24) is 9.80 Å². The molecule has 0 saturated heterocycles. The molecule has 0 radical (unpaired) electrons. The largest absolute Gasteiger partial charge is 0.332 e. The van der Waals surface area contributed by atoms with Gasteiger partial charge in [-0.2, -0.15) is 0 Å². The van der Waals surface area contributed by atoms with E-state index in [0.29, 0.717) is 25.2 Å². The Labute approximate surface area is 189 Å². The highest BCUT2D eigenvalue weighted by molar-refractivity contribution is 7.10. The molecule has 0 aliphatic heterocycles. The number of carbonyl (C=O) groups is 2. The molecule has 1 aromatic heterocycles. The molecule has 0 atom stereocenters. The maximum Gasteiger partial charge on any atom is 0.254 e. The lowest BCUT2D eigenvalue weighted by Crippen LogP contribution is -2.43. The fourth-order valence-electron chi connectivity index (χ4n) is 3.46. The molecule has 31 heavy (non-hydrogen) atoms. The summed E-state index contributed by atoms with van der Waals surface area (Å²) in [5.74, 6) is 0.124. The van der Waals surface area contributed by atoms with Gasteiger partial charge in [0.1, 0.15) is 6.54 Å². The molecule has 162 valence electrons. The summed E-state index contributed by atoms with van der Waals surface area (Å²) in [6, 6.07) is 21.3. The minimum Gasteiger partial charge on any atom is -0.332 e. The monoisotopic (exact) mass is 434 g/mol. The average Bonchev–Trinajstić information content (AvgIpc) is 3.17. The Balaban J connectivity index is 1.81. The molecule has 3 aromatic rings. The number of carbonyl (C=O) groups excluding carboxylic acids is 2. The Bertz CT molecular complexity index is 983. The first-order valence-electron chi connectivity index (χ1n) is 10.6. The van der Waals surface area contributed by atoms with Crippen LogP contribution in [0.15, 0.2) is 72.1 Å². The van der Waals surface area contributed by atoms with Crippen molar-refractivity contribution in [2.45, 2.75) is 33.9 Å². The molecule has 2 aromatic carbocycles. The van der Waals surface area contributed by atoms with Gasteiger partial charge in [-0.3, -0.25) is 9.59 Å². The maximum atomic E-state index is 13.4. The Kier molecular flexibility index (Phi) is 8.01. The normalized spacial score (nSPS) is 10.8. The lowest BCUT2D eigenvalue weighted by molar-refractivity contribution is -0.133. The van der Waals surface area contributed by atoms with E-state index < -0.39 is 0 Å². The number of rotatable bonds is 9. The van der Waals surface area contributed by atoms with Crippen molar-refractivity contribution in [3.63, 3.8) is 0 Å². The second-order valence-corrected chi connectivity index (χ2v) is 9.21. The summed E-state index contributed by atoms with van der Waals surface area (Å²) in [7, 11) is 0. The Hall–Kier alpha value is -2.92. The minimum absolute atomic E-state index is 0.0402. The highest BCUT2D eigenvalue weighted by Gasteiger charge is 2.24. The van der Waals surface area contributed by atoms with Gasteiger partial charge >= 0.3 is 0 Å². The summed E-state index contributed by atoms with van der Waals surface area (Å²) in [6.07, 6.45) is 0. The van der Waals surface area contributed by atoms with Gasteiger partial charge in [-0.25, -0.2) is 0 Å². The van der Waals surface area contributed by atoms with E-state index in [1.54, 1.807) is 28.4 Å². The number of amides is 2. The van der Waals surface area contributed by atoms with E-state index in [-0.39, 0.29) is 24.3 Å². The summed E-state index contributed by atoms with van der Waals surface area (Å²) < 4.78 is 0. The van der Waals surface area contributed by atoms with Crippen molar-refractivity contribution < 1.29 is 9.59 Å². The molecule has 2 amide bonds. The van der Waals surface area contributed by atoms with Crippen LogP contribution < -0.4 is 0 Å². The fourth-order valence-corrected chi connectivity index (χ4v) is 4.38. The van der Waals surface area contributed by atoms with Crippen LogP contribution in [0.5, 0.6) is 0 Å². The Morgan fingerprint density at radius 1 is 0.871 bits per heavy atom. The molecular formula is C26H30N2O2S. The predicted octanol–water partition coefficient (Wildman–Crippen LogP) is 5.38. The van der Waals surface area contributed by atoms with E-state index in [0.717, 1.165) is 5.56 Å².